The molecule has 6 heteroatoms. The van der Waals surface area contributed by atoms with E-state index >= 15 is 0 Å². The van der Waals surface area contributed by atoms with E-state index in [4.69, 9.17) is 9.47 Å². The maximum atomic E-state index is 11.5. The summed E-state index contributed by atoms with van der Waals surface area (Å²) in [6.07, 6.45) is 0. The number of ether oxygens (including phenoxy) is 2. The van der Waals surface area contributed by atoms with Crippen molar-refractivity contribution < 1.29 is 19.1 Å². The Kier molecular flexibility index (Phi) is 7.23. The van der Waals surface area contributed by atoms with Gasteiger partial charge in [0.1, 0.15) is 13.2 Å². The zero-order valence-corrected chi connectivity index (χ0v) is 10.8. The first-order valence-electron chi connectivity index (χ1n) is 5.90. The van der Waals surface area contributed by atoms with Gasteiger partial charge in [-0.2, -0.15) is 0 Å². The zero-order chi connectivity index (χ0) is 13.9. The number of carbonyl (C=O) groups excluding carboxylic acids is 2. The monoisotopic (exact) mass is 266 g/mol. The number of amides is 2. The Bertz CT molecular complexity index is 395. The Morgan fingerprint density at radius 1 is 1.11 bits per heavy atom. The SMILES string of the molecule is COCCNC(=O)COCC(=O)Nc1ccccc1. The van der Waals surface area contributed by atoms with Gasteiger partial charge in [-0.15, -0.1) is 0 Å². The standard InChI is InChI=1S/C13H18N2O4/c1-18-8-7-14-12(16)9-19-10-13(17)15-11-5-3-2-4-6-11/h2-6H,7-10H2,1H3,(H,14,16)(H,15,17). The lowest BCUT2D eigenvalue weighted by Crippen LogP contribution is -2.31. The molecule has 0 aliphatic carbocycles. The summed E-state index contributed by atoms with van der Waals surface area (Å²) in [5.41, 5.74) is 0.695. The molecule has 0 saturated carbocycles. The zero-order valence-electron chi connectivity index (χ0n) is 10.8. The van der Waals surface area contributed by atoms with Gasteiger partial charge in [-0.25, -0.2) is 0 Å². The normalized spacial score (nSPS) is 9.95. The highest BCUT2D eigenvalue weighted by Gasteiger charge is 2.05. The van der Waals surface area contributed by atoms with Gasteiger partial charge >= 0.3 is 0 Å². The highest BCUT2D eigenvalue weighted by molar-refractivity contribution is 5.91. The van der Waals surface area contributed by atoms with Crippen LogP contribution in [0.25, 0.3) is 0 Å². The molecular weight excluding hydrogens is 248 g/mol. The topological polar surface area (TPSA) is 76.7 Å². The van der Waals surface area contributed by atoms with Crippen molar-refractivity contribution in [2.24, 2.45) is 0 Å². The smallest absolute Gasteiger partial charge is 0.250 e. The first kappa shape index (κ1) is 15.1. The van der Waals surface area contributed by atoms with Crippen molar-refractivity contribution in [3.05, 3.63) is 30.3 Å². The number of rotatable bonds is 8. The predicted molar refractivity (Wildman–Crippen MR) is 70.8 cm³/mol. The van der Waals surface area contributed by atoms with E-state index in [2.05, 4.69) is 10.6 Å². The van der Waals surface area contributed by atoms with E-state index in [9.17, 15) is 9.59 Å². The Hall–Kier alpha value is -1.92. The van der Waals surface area contributed by atoms with Gasteiger partial charge in [-0.3, -0.25) is 9.59 Å². The summed E-state index contributed by atoms with van der Waals surface area (Å²) < 4.78 is 9.78. The van der Waals surface area contributed by atoms with Gasteiger partial charge in [-0.05, 0) is 12.1 Å². The summed E-state index contributed by atoms with van der Waals surface area (Å²) in [4.78, 5) is 22.7. The molecule has 0 radical (unpaired) electrons. The van der Waals surface area contributed by atoms with E-state index in [1.807, 2.05) is 18.2 Å². The van der Waals surface area contributed by atoms with E-state index in [1.54, 1.807) is 19.2 Å². The third-order valence-electron chi connectivity index (χ3n) is 2.15. The van der Waals surface area contributed by atoms with E-state index in [-0.39, 0.29) is 25.0 Å². The average molecular weight is 266 g/mol. The van der Waals surface area contributed by atoms with E-state index in [0.29, 0.717) is 18.8 Å². The van der Waals surface area contributed by atoms with Crippen LogP contribution in [0.3, 0.4) is 0 Å². The van der Waals surface area contributed by atoms with E-state index in [0.717, 1.165) is 0 Å². The maximum Gasteiger partial charge on any atom is 0.250 e. The molecule has 104 valence electrons. The molecule has 1 rings (SSSR count). The quantitative estimate of drug-likeness (QED) is 0.668. The van der Waals surface area contributed by atoms with Gasteiger partial charge in [0.2, 0.25) is 11.8 Å². The molecule has 2 N–H and O–H groups in total. The van der Waals surface area contributed by atoms with Crippen LogP contribution in [0.1, 0.15) is 0 Å². The Morgan fingerprint density at radius 2 is 1.79 bits per heavy atom. The fraction of sp³-hybridized carbons (Fsp3) is 0.385. The fourth-order valence-corrected chi connectivity index (χ4v) is 1.30. The molecule has 0 saturated heterocycles. The summed E-state index contributed by atoms with van der Waals surface area (Å²) in [5.74, 6) is -0.569. The van der Waals surface area contributed by atoms with Crippen molar-refractivity contribution in [3.8, 4) is 0 Å². The second-order valence-electron chi connectivity index (χ2n) is 3.75. The number of para-hydroxylation sites is 1. The van der Waals surface area contributed by atoms with Gasteiger partial charge < -0.3 is 20.1 Å². The summed E-state index contributed by atoms with van der Waals surface area (Å²) >= 11 is 0. The Balaban J connectivity index is 2.12. The molecule has 0 fully saturated rings. The molecule has 0 atom stereocenters. The lowest BCUT2D eigenvalue weighted by Gasteiger charge is -2.06. The summed E-state index contributed by atoms with van der Waals surface area (Å²) in [5, 5.41) is 5.24. The molecule has 0 spiro atoms. The molecular formula is C13H18N2O4. The molecule has 2 amide bonds. The number of methoxy groups -OCH3 is 1. The average Bonchev–Trinajstić information content (AvgIpc) is 2.40. The van der Waals surface area contributed by atoms with Crippen LogP contribution in [-0.2, 0) is 19.1 Å². The Labute approximate surface area is 112 Å². The van der Waals surface area contributed by atoms with Crippen LogP contribution in [0.15, 0.2) is 30.3 Å². The first-order chi connectivity index (χ1) is 9.22. The second kappa shape index (κ2) is 9.07. The number of hydrogen-bond donors (Lipinski definition) is 2. The molecule has 0 unspecified atom stereocenters. The number of benzene rings is 1. The largest absolute Gasteiger partial charge is 0.383 e. The lowest BCUT2D eigenvalue weighted by atomic mass is 10.3. The molecule has 1 aromatic carbocycles. The lowest BCUT2D eigenvalue weighted by molar-refractivity contribution is -0.128. The number of carbonyl (C=O) groups is 2. The molecule has 0 aromatic heterocycles. The molecule has 0 aliphatic heterocycles. The third kappa shape index (κ3) is 7.17. The highest BCUT2D eigenvalue weighted by atomic mass is 16.5. The molecule has 0 aliphatic rings. The summed E-state index contributed by atoms with van der Waals surface area (Å²) in [7, 11) is 1.55. The molecule has 0 heterocycles. The van der Waals surface area contributed by atoms with Crippen LogP contribution in [0.5, 0.6) is 0 Å². The predicted octanol–water partition coefficient (Wildman–Crippen LogP) is 0.404. The minimum Gasteiger partial charge on any atom is -0.383 e. The number of nitrogens with one attached hydrogen (secondary N) is 2. The van der Waals surface area contributed by atoms with Crippen molar-refractivity contribution in [1.29, 1.82) is 0 Å². The molecule has 6 nitrogen and oxygen atoms in total. The van der Waals surface area contributed by atoms with Gasteiger partial charge in [0.25, 0.3) is 0 Å². The minimum atomic E-state index is -0.295. The van der Waals surface area contributed by atoms with Crippen molar-refractivity contribution in [1.82, 2.24) is 5.32 Å². The van der Waals surface area contributed by atoms with E-state index < -0.39 is 0 Å². The van der Waals surface area contributed by atoms with Crippen LogP contribution in [0.2, 0.25) is 0 Å². The molecule has 1 aromatic rings. The second-order valence-corrected chi connectivity index (χ2v) is 3.75. The van der Waals surface area contributed by atoms with Gasteiger partial charge in [-0.1, -0.05) is 18.2 Å². The van der Waals surface area contributed by atoms with Gasteiger partial charge in [0.05, 0.1) is 6.61 Å². The minimum absolute atomic E-state index is 0.147. The van der Waals surface area contributed by atoms with Crippen LogP contribution in [-0.4, -0.2) is 45.3 Å². The summed E-state index contributed by atoms with van der Waals surface area (Å²) in [6, 6.07) is 9.04. The third-order valence-corrected chi connectivity index (χ3v) is 2.15. The van der Waals surface area contributed by atoms with Crippen LogP contribution >= 0.6 is 0 Å². The maximum absolute atomic E-state index is 11.5. The van der Waals surface area contributed by atoms with Gasteiger partial charge in [0, 0.05) is 19.3 Å². The number of anilines is 1. The number of hydrogen-bond acceptors (Lipinski definition) is 4. The fourth-order valence-electron chi connectivity index (χ4n) is 1.30. The van der Waals surface area contributed by atoms with Crippen molar-refractivity contribution in [2.45, 2.75) is 0 Å². The van der Waals surface area contributed by atoms with Gasteiger partial charge in [0.15, 0.2) is 0 Å². The van der Waals surface area contributed by atoms with Crippen molar-refractivity contribution >= 4 is 17.5 Å². The van der Waals surface area contributed by atoms with Crippen molar-refractivity contribution in [2.75, 3.05) is 38.8 Å². The molecule has 0 bridgehead atoms. The van der Waals surface area contributed by atoms with Crippen LogP contribution in [0.4, 0.5) is 5.69 Å². The Morgan fingerprint density at radius 3 is 2.47 bits per heavy atom. The van der Waals surface area contributed by atoms with E-state index in [1.165, 1.54) is 0 Å². The first-order valence-corrected chi connectivity index (χ1v) is 5.90. The van der Waals surface area contributed by atoms with Crippen molar-refractivity contribution in [3.63, 3.8) is 0 Å². The van der Waals surface area contributed by atoms with Crippen LogP contribution < -0.4 is 10.6 Å². The van der Waals surface area contributed by atoms with Crippen LogP contribution in [0, 0.1) is 0 Å². The highest BCUT2D eigenvalue weighted by Crippen LogP contribution is 2.04. The molecule has 19 heavy (non-hydrogen) atoms. The summed E-state index contributed by atoms with van der Waals surface area (Å²) in [6.45, 7) is 0.563.